The van der Waals surface area contributed by atoms with E-state index in [-0.39, 0.29) is 0 Å². The Morgan fingerprint density at radius 1 is 1.33 bits per heavy atom. The van der Waals surface area contributed by atoms with Crippen molar-refractivity contribution in [2.45, 2.75) is 32.0 Å². The zero-order valence-corrected chi connectivity index (χ0v) is 10.1. The largest absolute Gasteiger partial charge is 0.480 e. The first-order valence-electron chi connectivity index (χ1n) is 5.43. The summed E-state index contributed by atoms with van der Waals surface area (Å²) in [6.07, 6.45) is 0.286. The number of nitrogens with one attached hydrogen (secondary N) is 2. The smallest absolute Gasteiger partial charge is 0.328 e. The number of hydrogen-bond donors (Lipinski definition) is 4. The lowest BCUT2D eigenvalue weighted by Gasteiger charge is -2.19. The Labute approximate surface area is 104 Å². The van der Waals surface area contributed by atoms with Gasteiger partial charge in [0.05, 0.1) is 18.4 Å². The van der Waals surface area contributed by atoms with Crippen molar-refractivity contribution in [2.24, 2.45) is 0 Å². The second kappa shape index (κ2) is 6.06. The topological polar surface area (TPSA) is 112 Å². The minimum Gasteiger partial charge on any atom is -0.480 e. The highest BCUT2D eigenvalue weighted by molar-refractivity contribution is 5.83. The average Bonchev–Trinajstić information content (AvgIpc) is 2.78. The molecule has 2 amide bonds. The number of aliphatic hydroxyl groups excluding tert-OH is 1. The van der Waals surface area contributed by atoms with Crippen molar-refractivity contribution >= 4 is 12.0 Å². The Balaban J connectivity index is 2.53. The van der Waals surface area contributed by atoms with E-state index in [1.165, 1.54) is 13.2 Å². The van der Waals surface area contributed by atoms with Crippen molar-refractivity contribution in [2.75, 3.05) is 0 Å². The molecule has 7 nitrogen and oxygen atoms in total. The van der Waals surface area contributed by atoms with Crippen LogP contribution in [0.2, 0.25) is 0 Å². The fraction of sp³-hybridized carbons (Fsp3) is 0.455. The number of rotatable bonds is 5. The molecule has 0 spiro atoms. The van der Waals surface area contributed by atoms with Gasteiger partial charge >= 0.3 is 12.0 Å². The summed E-state index contributed by atoms with van der Waals surface area (Å²) in [5, 5.41) is 22.7. The van der Waals surface area contributed by atoms with Crippen molar-refractivity contribution in [3.63, 3.8) is 0 Å². The molecule has 0 aliphatic carbocycles. The summed E-state index contributed by atoms with van der Waals surface area (Å²) in [7, 11) is 0. The predicted octanol–water partition coefficient (Wildman–Crippen LogP) is 0.474. The van der Waals surface area contributed by atoms with E-state index in [1.807, 2.05) is 0 Å². The van der Waals surface area contributed by atoms with Crippen molar-refractivity contribution in [3.8, 4) is 0 Å². The molecule has 0 saturated carbocycles. The Kier molecular flexibility index (Phi) is 4.73. The molecule has 18 heavy (non-hydrogen) atoms. The fourth-order valence-electron chi connectivity index (χ4n) is 1.38. The molecule has 7 heteroatoms. The summed E-state index contributed by atoms with van der Waals surface area (Å²) in [5.41, 5.74) is 0. The van der Waals surface area contributed by atoms with E-state index in [0.717, 1.165) is 0 Å². The van der Waals surface area contributed by atoms with E-state index in [2.05, 4.69) is 10.6 Å². The van der Waals surface area contributed by atoms with Gasteiger partial charge in [-0.3, -0.25) is 0 Å². The van der Waals surface area contributed by atoms with E-state index < -0.39 is 30.2 Å². The fourth-order valence-corrected chi connectivity index (χ4v) is 1.38. The molecule has 4 N–H and O–H groups in total. The zero-order valence-electron chi connectivity index (χ0n) is 10.1. The summed E-state index contributed by atoms with van der Waals surface area (Å²) >= 11 is 0. The van der Waals surface area contributed by atoms with Crippen LogP contribution in [0.15, 0.2) is 22.8 Å². The van der Waals surface area contributed by atoms with Gasteiger partial charge in [-0.1, -0.05) is 0 Å². The molecule has 3 unspecified atom stereocenters. The van der Waals surface area contributed by atoms with E-state index in [1.54, 1.807) is 19.1 Å². The number of aliphatic hydroxyl groups is 1. The molecule has 0 bridgehead atoms. The molecule has 0 aliphatic rings. The Morgan fingerprint density at radius 3 is 2.44 bits per heavy atom. The number of urea groups is 1. The number of amides is 2. The third-order valence-electron chi connectivity index (χ3n) is 2.35. The molecule has 1 aromatic heterocycles. The summed E-state index contributed by atoms with van der Waals surface area (Å²) in [6, 6.07) is 0.930. The number of aliphatic carboxylic acids is 1. The maximum atomic E-state index is 11.5. The van der Waals surface area contributed by atoms with Crippen LogP contribution >= 0.6 is 0 Å². The zero-order chi connectivity index (χ0) is 13.7. The highest BCUT2D eigenvalue weighted by atomic mass is 16.4. The van der Waals surface area contributed by atoms with Gasteiger partial charge in [-0.2, -0.15) is 0 Å². The van der Waals surface area contributed by atoms with Crippen molar-refractivity contribution in [1.29, 1.82) is 0 Å². The van der Waals surface area contributed by atoms with Gasteiger partial charge in [0, 0.05) is 0 Å². The normalized spacial score (nSPS) is 15.5. The first-order chi connectivity index (χ1) is 8.41. The quantitative estimate of drug-likeness (QED) is 0.612. The van der Waals surface area contributed by atoms with Crippen LogP contribution in [-0.2, 0) is 4.79 Å². The summed E-state index contributed by atoms with van der Waals surface area (Å²) in [6.45, 7) is 2.98. The second-order valence-electron chi connectivity index (χ2n) is 3.91. The molecule has 0 radical (unpaired) electrons. The van der Waals surface area contributed by atoms with Crippen LogP contribution in [0.25, 0.3) is 0 Å². The van der Waals surface area contributed by atoms with Crippen molar-refractivity contribution in [1.82, 2.24) is 10.6 Å². The monoisotopic (exact) mass is 256 g/mol. The van der Waals surface area contributed by atoms with Gasteiger partial charge in [0.15, 0.2) is 6.04 Å². The predicted molar refractivity (Wildman–Crippen MR) is 61.9 cm³/mol. The molecular formula is C11H16N2O5. The summed E-state index contributed by atoms with van der Waals surface area (Å²) in [5.74, 6) is -0.750. The highest BCUT2D eigenvalue weighted by Gasteiger charge is 2.25. The molecule has 100 valence electrons. The summed E-state index contributed by atoms with van der Waals surface area (Å²) < 4.78 is 5.09. The Bertz CT molecular complexity index is 402. The first kappa shape index (κ1) is 14.0. The third kappa shape index (κ3) is 3.77. The van der Waals surface area contributed by atoms with E-state index >= 15 is 0 Å². The van der Waals surface area contributed by atoms with E-state index in [0.29, 0.717) is 5.76 Å². The Hall–Kier alpha value is -2.02. The van der Waals surface area contributed by atoms with Crippen LogP contribution in [0.3, 0.4) is 0 Å². The van der Waals surface area contributed by atoms with Crippen molar-refractivity contribution < 1.29 is 24.2 Å². The maximum Gasteiger partial charge on any atom is 0.328 e. The molecule has 1 aromatic rings. The molecule has 0 saturated heterocycles. The average molecular weight is 256 g/mol. The minimum absolute atomic E-state index is 0.400. The van der Waals surface area contributed by atoms with E-state index in [9.17, 15) is 14.7 Å². The van der Waals surface area contributed by atoms with E-state index in [4.69, 9.17) is 9.52 Å². The maximum absolute atomic E-state index is 11.5. The SMILES string of the molecule is CC(NC(=O)NC(C(=O)O)C(C)O)c1ccco1. The second-order valence-corrected chi connectivity index (χ2v) is 3.91. The van der Waals surface area contributed by atoms with Gasteiger partial charge in [-0.05, 0) is 26.0 Å². The van der Waals surface area contributed by atoms with Crippen LogP contribution in [0.5, 0.6) is 0 Å². The molecule has 3 atom stereocenters. The molecule has 0 aromatic carbocycles. The van der Waals surface area contributed by atoms with Crippen LogP contribution in [0.1, 0.15) is 25.6 Å². The Morgan fingerprint density at radius 2 is 2.00 bits per heavy atom. The first-order valence-corrected chi connectivity index (χ1v) is 5.43. The van der Waals surface area contributed by atoms with Crippen molar-refractivity contribution in [3.05, 3.63) is 24.2 Å². The van der Waals surface area contributed by atoms with Crippen LogP contribution in [0, 0.1) is 0 Å². The van der Waals surface area contributed by atoms with Gasteiger partial charge in [-0.15, -0.1) is 0 Å². The molecule has 1 heterocycles. The summed E-state index contributed by atoms with van der Waals surface area (Å²) in [4.78, 5) is 22.3. The van der Waals surface area contributed by atoms with Gasteiger partial charge in [0.2, 0.25) is 0 Å². The van der Waals surface area contributed by atoms with Crippen LogP contribution in [0.4, 0.5) is 4.79 Å². The third-order valence-corrected chi connectivity index (χ3v) is 2.35. The lowest BCUT2D eigenvalue weighted by atomic mass is 10.2. The molecule has 0 fully saturated rings. The van der Waals surface area contributed by atoms with Gasteiger partial charge < -0.3 is 25.3 Å². The molecule has 1 rings (SSSR count). The van der Waals surface area contributed by atoms with Gasteiger partial charge in [-0.25, -0.2) is 9.59 Å². The molecular weight excluding hydrogens is 240 g/mol. The number of hydrogen-bond acceptors (Lipinski definition) is 4. The lowest BCUT2D eigenvalue weighted by molar-refractivity contribution is -0.141. The number of furan rings is 1. The lowest BCUT2D eigenvalue weighted by Crippen LogP contribution is -2.51. The number of carboxylic acids is 1. The highest BCUT2D eigenvalue weighted by Crippen LogP contribution is 2.11. The number of carbonyl (C=O) groups excluding carboxylic acids is 1. The van der Waals surface area contributed by atoms with Crippen LogP contribution in [-0.4, -0.2) is 34.4 Å². The number of carboxylic acid groups (broad SMARTS) is 1. The van der Waals surface area contributed by atoms with Crippen LogP contribution < -0.4 is 10.6 Å². The van der Waals surface area contributed by atoms with Gasteiger partial charge in [0.1, 0.15) is 5.76 Å². The molecule has 0 aliphatic heterocycles. The van der Waals surface area contributed by atoms with Gasteiger partial charge in [0.25, 0.3) is 0 Å². The minimum atomic E-state index is -1.35. The number of carbonyl (C=O) groups is 2. The standard InChI is InChI=1S/C11H16N2O5/c1-6(8-4-3-5-18-8)12-11(17)13-9(7(2)14)10(15)16/h3-7,9,14H,1-2H3,(H,15,16)(H2,12,13,17).